The summed E-state index contributed by atoms with van der Waals surface area (Å²) in [4.78, 5) is 8.19. The number of benzene rings is 1. The first-order valence-electron chi connectivity index (χ1n) is 6.25. The van der Waals surface area contributed by atoms with E-state index in [2.05, 4.69) is 15.1 Å². The number of aryl methyl sites for hydroxylation is 1. The van der Waals surface area contributed by atoms with Crippen molar-refractivity contribution in [1.29, 1.82) is 0 Å². The average molecular weight is 266 g/mol. The molecule has 0 aliphatic carbocycles. The maximum atomic E-state index is 5.16. The summed E-state index contributed by atoms with van der Waals surface area (Å²) in [6, 6.07) is 9.64. The molecule has 0 radical (unpaired) electrons. The molecule has 3 rings (SSSR count). The van der Waals surface area contributed by atoms with E-state index in [4.69, 9.17) is 4.74 Å². The zero-order valence-electron chi connectivity index (χ0n) is 11.3. The van der Waals surface area contributed by atoms with Gasteiger partial charge in [-0.15, -0.1) is 0 Å². The maximum absolute atomic E-state index is 5.16. The molecule has 0 saturated heterocycles. The number of hydrogen-bond acceptors (Lipinski definition) is 4. The Morgan fingerprint density at radius 1 is 1.10 bits per heavy atom. The Kier molecular flexibility index (Phi) is 3.16. The van der Waals surface area contributed by atoms with Crippen molar-refractivity contribution >= 4 is 0 Å². The molecule has 0 atom stereocenters. The molecule has 5 nitrogen and oxygen atoms in total. The first-order valence-corrected chi connectivity index (χ1v) is 6.25. The average Bonchev–Trinajstić information content (AvgIpc) is 2.90. The second-order valence-electron chi connectivity index (χ2n) is 4.37. The summed E-state index contributed by atoms with van der Waals surface area (Å²) in [5, 5.41) is 4.53. The lowest BCUT2D eigenvalue weighted by Crippen LogP contribution is -1.94. The Morgan fingerprint density at radius 2 is 1.90 bits per heavy atom. The van der Waals surface area contributed by atoms with Crippen LogP contribution in [0.3, 0.4) is 0 Å². The highest BCUT2D eigenvalue weighted by molar-refractivity contribution is 5.61. The molecule has 100 valence electrons. The van der Waals surface area contributed by atoms with Crippen LogP contribution in [0, 0.1) is 6.92 Å². The Labute approximate surface area is 116 Å². The summed E-state index contributed by atoms with van der Waals surface area (Å²) < 4.78 is 7.00. The van der Waals surface area contributed by atoms with Gasteiger partial charge in [0.1, 0.15) is 12.1 Å². The van der Waals surface area contributed by atoms with E-state index in [1.54, 1.807) is 19.6 Å². The monoisotopic (exact) mass is 266 g/mol. The number of aromatic nitrogens is 4. The molecular formula is C15H14N4O. The lowest BCUT2D eigenvalue weighted by molar-refractivity contribution is 0.414. The van der Waals surface area contributed by atoms with Crippen LogP contribution in [0.25, 0.3) is 16.9 Å². The van der Waals surface area contributed by atoms with Gasteiger partial charge in [-0.2, -0.15) is 5.10 Å². The third-order valence-corrected chi connectivity index (χ3v) is 3.09. The summed E-state index contributed by atoms with van der Waals surface area (Å²) in [6.45, 7) is 1.97. The first-order chi connectivity index (χ1) is 9.78. The molecule has 0 bridgehead atoms. The molecule has 0 unspecified atom stereocenters. The van der Waals surface area contributed by atoms with Crippen molar-refractivity contribution in [1.82, 2.24) is 19.7 Å². The zero-order chi connectivity index (χ0) is 13.9. The Balaban J connectivity index is 2.00. The van der Waals surface area contributed by atoms with E-state index in [1.807, 2.05) is 48.1 Å². The standard InChI is InChI=1S/C15H14N4O/c1-11-14(15-7-8-16-10-17-15)9-19(18-11)12-3-5-13(20-2)6-4-12/h3-10H,1-2H3. The SMILES string of the molecule is COc1ccc(-n2cc(-c3ccncn3)c(C)n2)cc1. The van der Waals surface area contributed by atoms with Gasteiger partial charge in [-0.3, -0.25) is 0 Å². The lowest BCUT2D eigenvalue weighted by atomic mass is 10.2. The van der Waals surface area contributed by atoms with E-state index >= 15 is 0 Å². The van der Waals surface area contributed by atoms with E-state index < -0.39 is 0 Å². The zero-order valence-corrected chi connectivity index (χ0v) is 11.3. The predicted molar refractivity (Wildman–Crippen MR) is 75.9 cm³/mol. The molecular weight excluding hydrogens is 252 g/mol. The molecule has 0 N–H and O–H groups in total. The highest BCUT2D eigenvalue weighted by Gasteiger charge is 2.09. The lowest BCUT2D eigenvalue weighted by Gasteiger charge is -2.03. The molecule has 20 heavy (non-hydrogen) atoms. The third-order valence-electron chi connectivity index (χ3n) is 3.09. The second kappa shape index (κ2) is 5.13. The van der Waals surface area contributed by atoms with Gasteiger partial charge in [0.15, 0.2) is 0 Å². The molecule has 1 aromatic carbocycles. The first kappa shape index (κ1) is 12.3. The van der Waals surface area contributed by atoms with Crippen molar-refractivity contribution in [2.24, 2.45) is 0 Å². The minimum atomic E-state index is 0.827. The summed E-state index contributed by atoms with van der Waals surface area (Å²) in [5.41, 5.74) is 3.79. The normalized spacial score (nSPS) is 10.5. The van der Waals surface area contributed by atoms with Gasteiger partial charge in [-0.25, -0.2) is 14.6 Å². The van der Waals surface area contributed by atoms with Gasteiger partial charge in [-0.1, -0.05) is 0 Å². The molecule has 0 amide bonds. The topological polar surface area (TPSA) is 52.8 Å². The highest BCUT2D eigenvalue weighted by atomic mass is 16.5. The van der Waals surface area contributed by atoms with Gasteiger partial charge in [0.2, 0.25) is 0 Å². The molecule has 5 heteroatoms. The van der Waals surface area contributed by atoms with Crippen LogP contribution >= 0.6 is 0 Å². The van der Waals surface area contributed by atoms with Crippen LogP contribution in [0.1, 0.15) is 5.69 Å². The van der Waals surface area contributed by atoms with Crippen LogP contribution < -0.4 is 4.74 Å². The van der Waals surface area contributed by atoms with Crippen LogP contribution in [-0.2, 0) is 0 Å². The van der Waals surface area contributed by atoms with Gasteiger partial charge in [-0.05, 0) is 37.3 Å². The number of hydrogen-bond donors (Lipinski definition) is 0. The maximum Gasteiger partial charge on any atom is 0.119 e. The number of rotatable bonds is 3. The summed E-state index contributed by atoms with van der Waals surface area (Å²) in [6.07, 6.45) is 5.24. The van der Waals surface area contributed by atoms with Gasteiger partial charge >= 0.3 is 0 Å². The van der Waals surface area contributed by atoms with Gasteiger partial charge in [0.25, 0.3) is 0 Å². The van der Waals surface area contributed by atoms with Crippen molar-refractivity contribution in [3.8, 4) is 22.7 Å². The van der Waals surface area contributed by atoms with E-state index in [0.717, 1.165) is 28.4 Å². The number of ether oxygens (including phenoxy) is 1. The van der Waals surface area contributed by atoms with Gasteiger partial charge < -0.3 is 4.74 Å². The molecule has 0 saturated carbocycles. The summed E-state index contributed by atoms with van der Waals surface area (Å²) in [5.74, 6) is 0.827. The van der Waals surface area contributed by atoms with E-state index in [1.165, 1.54) is 0 Å². The summed E-state index contributed by atoms with van der Waals surface area (Å²) in [7, 11) is 1.65. The highest BCUT2D eigenvalue weighted by Crippen LogP contribution is 2.22. The fourth-order valence-corrected chi connectivity index (χ4v) is 2.03. The van der Waals surface area contributed by atoms with Crippen LogP contribution in [0.5, 0.6) is 5.75 Å². The smallest absolute Gasteiger partial charge is 0.119 e. The fraction of sp³-hybridized carbons (Fsp3) is 0.133. The summed E-state index contributed by atoms with van der Waals surface area (Å²) >= 11 is 0. The third kappa shape index (κ3) is 2.25. The van der Waals surface area contributed by atoms with Crippen molar-refractivity contribution in [2.45, 2.75) is 6.92 Å². The largest absolute Gasteiger partial charge is 0.497 e. The fourth-order valence-electron chi connectivity index (χ4n) is 2.03. The molecule has 2 aromatic heterocycles. The minimum absolute atomic E-state index is 0.827. The molecule has 0 aliphatic rings. The van der Waals surface area contributed by atoms with Gasteiger partial charge in [0.05, 0.1) is 24.2 Å². The molecule has 2 heterocycles. The number of nitrogens with zero attached hydrogens (tertiary/aromatic N) is 4. The van der Waals surface area contributed by atoms with Crippen LogP contribution in [0.4, 0.5) is 0 Å². The number of methoxy groups -OCH3 is 1. The van der Waals surface area contributed by atoms with Crippen molar-refractivity contribution < 1.29 is 4.74 Å². The molecule has 0 aliphatic heterocycles. The molecule has 0 fully saturated rings. The van der Waals surface area contributed by atoms with Crippen molar-refractivity contribution in [2.75, 3.05) is 7.11 Å². The van der Waals surface area contributed by atoms with Crippen molar-refractivity contribution in [3.05, 3.63) is 54.7 Å². The Morgan fingerprint density at radius 3 is 2.55 bits per heavy atom. The van der Waals surface area contributed by atoms with E-state index in [0.29, 0.717) is 0 Å². The minimum Gasteiger partial charge on any atom is -0.497 e. The van der Waals surface area contributed by atoms with E-state index in [9.17, 15) is 0 Å². The van der Waals surface area contributed by atoms with Crippen LogP contribution in [0.15, 0.2) is 49.1 Å². The van der Waals surface area contributed by atoms with E-state index in [-0.39, 0.29) is 0 Å². The van der Waals surface area contributed by atoms with Crippen molar-refractivity contribution in [3.63, 3.8) is 0 Å². The Hall–Kier alpha value is -2.69. The molecule has 3 aromatic rings. The second-order valence-corrected chi connectivity index (χ2v) is 4.37. The van der Waals surface area contributed by atoms with Crippen LogP contribution in [-0.4, -0.2) is 26.9 Å². The van der Waals surface area contributed by atoms with Crippen LogP contribution in [0.2, 0.25) is 0 Å². The Bertz CT molecular complexity index is 704. The predicted octanol–water partition coefficient (Wildman–Crippen LogP) is 2.65. The quantitative estimate of drug-likeness (QED) is 0.731. The molecule has 0 spiro atoms. The van der Waals surface area contributed by atoms with Gasteiger partial charge in [0, 0.05) is 18.0 Å².